The van der Waals surface area contributed by atoms with E-state index in [1.54, 1.807) is 0 Å². The van der Waals surface area contributed by atoms with Gasteiger partial charge in [0.05, 0.1) is 6.04 Å². The molecule has 6 nitrogen and oxygen atoms in total. The van der Waals surface area contributed by atoms with Crippen molar-refractivity contribution in [1.29, 1.82) is 0 Å². The van der Waals surface area contributed by atoms with Crippen molar-refractivity contribution in [2.24, 2.45) is 5.92 Å². The molecule has 0 radical (unpaired) electrons. The van der Waals surface area contributed by atoms with Gasteiger partial charge in [0.15, 0.2) is 6.10 Å². The third-order valence-electron chi connectivity index (χ3n) is 4.94. The highest BCUT2D eigenvalue weighted by Gasteiger charge is 2.38. The number of nitrogens with one attached hydrogen (secondary N) is 1. The lowest BCUT2D eigenvalue weighted by Crippen LogP contribution is -2.53. The molecule has 2 heterocycles. The fraction of sp³-hybridized carbons (Fsp3) is 0.600. The lowest BCUT2D eigenvalue weighted by molar-refractivity contribution is -0.155. The van der Waals surface area contributed by atoms with Gasteiger partial charge in [0.1, 0.15) is 6.61 Å². The van der Waals surface area contributed by atoms with Crippen LogP contribution in [0.3, 0.4) is 0 Å². The fourth-order valence-electron chi connectivity index (χ4n) is 3.76. The van der Waals surface area contributed by atoms with Crippen LogP contribution in [-0.2, 0) is 14.3 Å². The third-order valence-corrected chi connectivity index (χ3v) is 4.94. The van der Waals surface area contributed by atoms with Crippen LogP contribution in [0.25, 0.3) is 0 Å². The fourth-order valence-corrected chi connectivity index (χ4v) is 3.76. The van der Waals surface area contributed by atoms with Crippen LogP contribution < -0.4 is 5.32 Å². The lowest BCUT2D eigenvalue weighted by Gasteiger charge is -2.35. The molecule has 0 spiro atoms. The Morgan fingerprint density at radius 3 is 2.69 bits per heavy atom. The number of carbonyl (C=O) groups is 2. The zero-order valence-corrected chi connectivity index (χ0v) is 15.7. The molecule has 2 amide bonds. The van der Waals surface area contributed by atoms with E-state index in [9.17, 15) is 9.59 Å². The highest BCUT2D eigenvalue weighted by atomic mass is 16.5. The first-order chi connectivity index (χ1) is 12.5. The highest BCUT2D eigenvalue weighted by molar-refractivity contribution is 5.86. The number of rotatable bonds is 4. The van der Waals surface area contributed by atoms with E-state index in [1.807, 2.05) is 35.2 Å². The van der Waals surface area contributed by atoms with Crippen LogP contribution in [0.5, 0.6) is 0 Å². The Labute approximate surface area is 155 Å². The molecule has 0 saturated carbocycles. The van der Waals surface area contributed by atoms with E-state index < -0.39 is 12.1 Å². The maximum atomic E-state index is 13.2. The number of hydrogen-bond donors (Lipinski definition) is 1. The number of ether oxygens (including phenoxy) is 1. The van der Waals surface area contributed by atoms with Gasteiger partial charge in [0, 0.05) is 26.2 Å². The van der Waals surface area contributed by atoms with Gasteiger partial charge in [-0.2, -0.15) is 0 Å². The first-order valence-corrected chi connectivity index (χ1v) is 9.51. The van der Waals surface area contributed by atoms with Crippen molar-refractivity contribution < 1.29 is 14.3 Å². The summed E-state index contributed by atoms with van der Waals surface area (Å²) in [5.41, 5.74) is 0.898. The van der Waals surface area contributed by atoms with Crippen LogP contribution in [0, 0.1) is 5.92 Å². The summed E-state index contributed by atoms with van der Waals surface area (Å²) in [7, 11) is 0. The average molecular weight is 359 g/mol. The Kier molecular flexibility index (Phi) is 6.27. The molecule has 0 aliphatic carbocycles. The summed E-state index contributed by atoms with van der Waals surface area (Å²) in [6.07, 6.45) is 0.305. The largest absolute Gasteiger partial charge is 0.356 e. The minimum absolute atomic E-state index is 0.0229. The molecule has 1 N–H and O–H groups in total. The van der Waals surface area contributed by atoms with Crippen LogP contribution >= 0.6 is 0 Å². The van der Waals surface area contributed by atoms with Gasteiger partial charge in [0.2, 0.25) is 5.91 Å². The zero-order chi connectivity index (χ0) is 18.5. The molecule has 2 saturated heterocycles. The summed E-state index contributed by atoms with van der Waals surface area (Å²) in [6.45, 7) is 8.79. The van der Waals surface area contributed by atoms with Gasteiger partial charge in [-0.3, -0.25) is 9.59 Å². The summed E-state index contributed by atoms with van der Waals surface area (Å²) in [5.74, 6) is 0.420. The van der Waals surface area contributed by atoms with Gasteiger partial charge >= 0.3 is 0 Å². The summed E-state index contributed by atoms with van der Waals surface area (Å²) in [5, 5.41) is 2.93. The van der Waals surface area contributed by atoms with E-state index >= 15 is 0 Å². The molecule has 26 heavy (non-hydrogen) atoms. The number of hydrogen-bond acceptors (Lipinski definition) is 4. The number of carbonyl (C=O) groups excluding carboxylic acids is 2. The SMILES string of the molecule is CC(C)CN1CCCN(C(=O)C2OCC(=O)NC2c2ccccc2)CC1. The molecule has 0 aromatic heterocycles. The number of benzene rings is 1. The molecule has 2 atom stereocenters. The molecule has 2 unspecified atom stereocenters. The molecule has 2 aliphatic rings. The summed E-state index contributed by atoms with van der Waals surface area (Å²) in [4.78, 5) is 29.3. The molecule has 3 rings (SSSR count). The van der Waals surface area contributed by atoms with Gasteiger partial charge in [-0.1, -0.05) is 44.2 Å². The molecular formula is C20H29N3O3. The average Bonchev–Trinajstić information content (AvgIpc) is 2.87. The van der Waals surface area contributed by atoms with Gasteiger partial charge in [-0.15, -0.1) is 0 Å². The van der Waals surface area contributed by atoms with E-state index in [4.69, 9.17) is 4.74 Å². The smallest absolute Gasteiger partial charge is 0.254 e. The van der Waals surface area contributed by atoms with Crippen molar-refractivity contribution in [3.05, 3.63) is 35.9 Å². The van der Waals surface area contributed by atoms with Crippen molar-refractivity contribution in [1.82, 2.24) is 15.1 Å². The molecular weight excluding hydrogens is 330 g/mol. The molecule has 0 bridgehead atoms. The molecule has 142 valence electrons. The predicted molar refractivity (Wildman–Crippen MR) is 99.5 cm³/mol. The number of nitrogens with zero attached hydrogens (tertiary/aromatic N) is 2. The maximum absolute atomic E-state index is 13.2. The second-order valence-corrected chi connectivity index (χ2v) is 7.56. The van der Waals surface area contributed by atoms with Crippen molar-refractivity contribution in [2.45, 2.75) is 32.4 Å². The van der Waals surface area contributed by atoms with Crippen LogP contribution in [0.4, 0.5) is 0 Å². The van der Waals surface area contributed by atoms with Gasteiger partial charge in [-0.05, 0) is 24.4 Å². The normalized spacial score (nSPS) is 25.0. The Bertz CT molecular complexity index is 620. The van der Waals surface area contributed by atoms with Crippen LogP contribution in [-0.4, -0.2) is 67.0 Å². The van der Waals surface area contributed by atoms with E-state index in [-0.39, 0.29) is 18.4 Å². The van der Waals surface area contributed by atoms with Crippen LogP contribution in [0.15, 0.2) is 30.3 Å². The first kappa shape index (κ1) is 18.9. The second kappa shape index (κ2) is 8.64. The van der Waals surface area contributed by atoms with E-state index in [1.165, 1.54) is 0 Å². The summed E-state index contributed by atoms with van der Waals surface area (Å²) < 4.78 is 5.69. The molecule has 1 aromatic carbocycles. The Morgan fingerprint density at radius 2 is 1.96 bits per heavy atom. The van der Waals surface area contributed by atoms with Gasteiger partial charge < -0.3 is 19.9 Å². The van der Waals surface area contributed by atoms with E-state index in [0.717, 1.165) is 38.2 Å². The van der Waals surface area contributed by atoms with Crippen LogP contribution in [0.1, 0.15) is 31.9 Å². The first-order valence-electron chi connectivity index (χ1n) is 9.51. The minimum Gasteiger partial charge on any atom is -0.356 e. The van der Waals surface area contributed by atoms with E-state index in [2.05, 4.69) is 24.1 Å². The lowest BCUT2D eigenvalue weighted by atomic mass is 9.98. The second-order valence-electron chi connectivity index (χ2n) is 7.56. The summed E-state index contributed by atoms with van der Waals surface area (Å²) >= 11 is 0. The van der Waals surface area contributed by atoms with Crippen molar-refractivity contribution in [2.75, 3.05) is 39.3 Å². The predicted octanol–water partition coefficient (Wildman–Crippen LogP) is 1.43. The molecule has 1 aromatic rings. The van der Waals surface area contributed by atoms with E-state index in [0.29, 0.717) is 12.5 Å². The topological polar surface area (TPSA) is 61.9 Å². The van der Waals surface area contributed by atoms with Crippen LogP contribution in [0.2, 0.25) is 0 Å². The molecule has 2 fully saturated rings. The molecule has 2 aliphatic heterocycles. The van der Waals surface area contributed by atoms with Crippen molar-refractivity contribution >= 4 is 11.8 Å². The number of morpholine rings is 1. The summed E-state index contributed by atoms with van der Waals surface area (Å²) in [6, 6.07) is 9.16. The molecule has 6 heteroatoms. The van der Waals surface area contributed by atoms with Crippen molar-refractivity contribution in [3.8, 4) is 0 Å². The zero-order valence-electron chi connectivity index (χ0n) is 15.7. The Hall–Kier alpha value is -1.92. The number of amides is 2. The Morgan fingerprint density at radius 1 is 1.19 bits per heavy atom. The third kappa shape index (κ3) is 4.62. The quantitative estimate of drug-likeness (QED) is 0.884. The monoisotopic (exact) mass is 359 g/mol. The standard InChI is InChI=1S/C20H29N3O3/c1-15(2)13-22-9-6-10-23(12-11-22)20(25)19-18(21-17(24)14-26-19)16-7-4-3-5-8-16/h3-5,7-8,15,18-19H,6,9-14H2,1-2H3,(H,21,24). The van der Waals surface area contributed by atoms with Gasteiger partial charge in [0.25, 0.3) is 5.91 Å². The van der Waals surface area contributed by atoms with Gasteiger partial charge in [-0.25, -0.2) is 0 Å². The minimum atomic E-state index is -0.660. The Balaban J connectivity index is 1.69. The highest BCUT2D eigenvalue weighted by Crippen LogP contribution is 2.24. The maximum Gasteiger partial charge on any atom is 0.254 e. The van der Waals surface area contributed by atoms with Crippen molar-refractivity contribution in [3.63, 3.8) is 0 Å².